The lowest BCUT2D eigenvalue weighted by Gasteiger charge is -2.31. The monoisotopic (exact) mass is 524 g/mol. The molecule has 8 heteroatoms. The highest BCUT2D eigenvalue weighted by Gasteiger charge is 2.34. The van der Waals surface area contributed by atoms with Gasteiger partial charge in [0.15, 0.2) is 0 Å². The summed E-state index contributed by atoms with van der Waals surface area (Å²) in [6.07, 6.45) is 4.32. The molecule has 3 aromatic carbocycles. The number of carbonyl (C=O) groups excluding carboxylic acids is 1. The van der Waals surface area contributed by atoms with E-state index in [1.165, 1.54) is 5.56 Å². The molecule has 8 nitrogen and oxygen atoms in total. The molecule has 5 N–H and O–H groups in total. The quantitative estimate of drug-likeness (QED) is 0.238. The fourth-order valence-corrected chi connectivity index (χ4v) is 5.03. The number of rotatable bonds is 11. The van der Waals surface area contributed by atoms with Crippen molar-refractivity contribution < 1.29 is 9.53 Å². The number of nitrogens with zero attached hydrogens (tertiary/aromatic N) is 2. The van der Waals surface area contributed by atoms with Gasteiger partial charge in [-0.05, 0) is 54.7 Å². The average Bonchev–Trinajstić information content (AvgIpc) is 3.56. The number of carbonyl (C=O) groups is 1. The summed E-state index contributed by atoms with van der Waals surface area (Å²) in [6, 6.07) is 25.7. The Morgan fingerprint density at radius 2 is 1.79 bits per heavy atom. The number of amidine groups is 1. The van der Waals surface area contributed by atoms with Gasteiger partial charge in [0, 0.05) is 30.1 Å². The summed E-state index contributed by atoms with van der Waals surface area (Å²) in [5.41, 5.74) is 13.9. The molecule has 0 aliphatic carbocycles. The predicted molar refractivity (Wildman–Crippen MR) is 155 cm³/mol. The average molecular weight is 525 g/mol. The van der Waals surface area contributed by atoms with Crippen LogP contribution in [0.2, 0.25) is 0 Å². The first-order valence-electron chi connectivity index (χ1n) is 13.4. The van der Waals surface area contributed by atoms with Crippen molar-refractivity contribution in [2.24, 2.45) is 10.8 Å². The smallest absolute Gasteiger partial charge is 0.237 e. The maximum Gasteiger partial charge on any atom is 0.237 e. The number of benzene rings is 3. The summed E-state index contributed by atoms with van der Waals surface area (Å²) >= 11 is 0. The van der Waals surface area contributed by atoms with Crippen LogP contribution in [0.1, 0.15) is 30.0 Å². The third-order valence-electron chi connectivity index (χ3n) is 7.20. The first-order valence-corrected chi connectivity index (χ1v) is 13.4. The molecule has 202 valence electrons. The summed E-state index contributed by atoms with van der Waals surface area (Å²) < 4.78 is 5.36. The molecule has 1 aromatic heterocycles. The topological polar surface area (TPSA) is 108 Å². The van der Waals surface area contributed by atoms with Crippen molar-refractivity contribution in [2.45, 2.75) is 51.0 Å². The van der Waals surface area contributed by atoms with Gasteiger partial charge in [0.1, 0.15) is 17.8 Å². The van der Waals surface area contributed by atoms with Crippen LogP contribution < -0.4 is 21.2 Å². The SMILES string of the molecule is COc1ccc(CN2C([C@@H](Cc3c[nH]c4ccccc34)NC(=O)[C@H](C)N)=NNC2CCc2ccccc2)cc1. The van der Waals surface area contributed by atoms with Crippen LogP contribution in [0.5, 0.6) is 5.75 Å². The van der Waals surface area contributed by atoms with Crippen LogP contribution in [0.4, 0.5) is 0 Å². The van der Waals surface area contributed by atoms with Gasteiger partial charge >= 0.3 is 0 Å². The minimum absolute atomic E-state index is 0.0278. The third-order valence-corrected chi connectivity index (χ3v) is 7.20. The number of amides is 1. The van der Waals surface area contributed by atoms with Gasteiger partial charge in [-0.3, -0.25) is 10.2 Å². The van der Waals surface area contributed by atoms with Crippen LogP contribution in [-0.4, -0.2) is 47.0 Å². The van der Waals surface area contributed by atoms with Gasteiger partial charge < -0.3 is 25.7 Å². The van der Waals surface area contributed by atoms with Crippen molar-refractivity contribution in [2.75, 3.05) is 7.11 Å². The Morgan fingerprint density at radius 1 is 1.05 bits per heavy atom. The van der Waals surface area contributed by atoms with Crippen molar-refractivity contribution in [1.82, 2.24) is 20.6 Å². The maximum atomic E-state index is 12.9. The number of aromatic amines is 1. The summed E-state index contributed by atoms with van der Waals surface area (Å²) in [6.45, 7) is 2.33. The number of aromatic nitrogens is 1. The lowest BCUT2D eigenvalue weighted by atomic mass is 10.0. The van der Waals surface area contributed by atoms with Crippen molar-refractivity contribution in [3.63, 3.8) is 0 Å². The molecule has 1 amide bonds. The molecule has 0 fully saturated rings. The number of hydrogen-bond acceptors (Lipinski definition) is 6. The van der Waals surface area contributed by atoms with Gasteiger partial charge in [0.05, 0.1) is 19.2 Å². The number of nitrogens with one attached hydrogen (secondary N) is 3. The van der Waals surface area contributed by atoms with Gasteiger partial charge in [0.25, 0.3) is 0 Å². The Balaban J connectivity index is 1.44. The Kier molecular flexibility index (Phi) is 8.13. The maximum absolute atomic E-state index is 12.9. The Hall–Kier alpha value is -4.30. The first-order chi connectivity index (χ1) is 19.0. The van der Waals surface area contributed by atoms with Gasteiger partial charge in [-0.15, -0.1) is 0 Å². The molecule has 5 rings (SSSR count). The number of aryl methyl sites for hydroxylation is 1. The number of hydrogen-bond donors (Lipinski definition) is 4. The van der Waals surface area contributed by atoms with Gasteiger partial charge in [0.2, 0.25) is 5.91 Å². The van der Waals surface area contributed by atoms with E-state index in [0.29, 0.717) is 13.0 Å². The molecule has 1 unspecified atom stereocenters. The van der Waals surface area contributed by atoms with Crippen LogP contribution in [0.15, 0.2) is 90.2 Å². The van der Waals surface area contributed by atoms with Gasteiger partial charge in [-0.25, -0.2) is 0 Å². The van der Waals surface area contributed by atoms with Crippen LogP contribution in [0.3, 0.4) is 0 Å². The van der Waals surface area contributed by atoms with E-state index in [9.17, 15) is 4.79 Å². The molecule has 0 saturated carbocycles. The fraction of sp³-hybridized carbons (Fsp3) is 0.290. The van der Waals surface area contributed by atoms with E-state index in [2.05, 4.69) is 69.2 Å². The van der Waals surface area contributed by atoms with Crippen LogP contribution in [0, 0.1) is 0 Å². The Bertz CT molecular complexity index is 1410. The standard InChI is InChI=1S/C31H36N6O2/c1-21(32)31(38)34-28(18-24-19-33-27-11-7-6-10-26(24)27)30-36-35-29(17-14-22-8-4-3-5-9-22)37(30)20-23-12-15-25(39-2)16-13-23/h3-13,15-16,19,21,28-29,33,35H,14,17-18,20,32H2,1-2H3,(H,34,38)/t21-,28+,29?/m0/s1. The van der Waals surface area contributed by atoms with Crippen molar-refractivity contribution >= 4 is 22.6 Å². The normalized spacial score (nSPS) is 16.4. The minimum Gasteiger partial charge on any atom is -0.497 e. The molecule has 3 atom stereocenters. The molecular formula is C31H36N6O2. The van der Waals surface area contributed by atoms with E-state index < -0.39 is 6.04 Å². The molecule has 1 aliphatic heterocycles. The highest BCUT2D eigenvalue weighted by atomic mass is 16.5. The molecule has 0 saturated heterocycles. The number of para-hydroxylation sites is 1. The zero-order valence-electron chi connectivity index (χ0n) is 22.4. The molecule has 4 aromatic rings. The molecule has 0 radical (unpaired) electrons. The number of nitrogens with two attached hydrogens (primary N) is 1. The van der Waals surface area contributed by atoms with Crippen molar-refractivity contribution in [3.05, 3.63) is 102 Å². The van der Waals surface area contributed by atoms with E-state index in [4.69, 9.17) is 15.6 Å². The van der Waals surface area contributed by atoms with Crippen molar-refractivity contribution in [3.8, 4) is 5.75 Å². The molecular weight excluding hydrogens is 488 g/mol. The van der Waals surface area contributed by atoms with E-state index in [0.717, 1.165) is 46.5 Å². The lowest BCUT2D eigenvalue weighted by Crippen LogP contribution is -2.53. The fourth-order valence-electron chi connectivity index (χ4n) is 5.03. The van der Waals surface area contributed by atoms with Crippen LogP contribution in [0.25, 0.3) is 10.9 Å². The Labute approximate surface area is 229 Å². The van der Waals surface area contributed by atoms with E-state index in [-0.39, 0.29) is 18.1 Å². The molecule has 39 heavy (non-hydrogen) atoms. The van der Waals surface area contributed by atoms with Crippen LogP contribution in [-0.2, 0) is 24.2 Å². The summed E-state index contributed by atoms with van der Waals surface area (Å²) in [7, 11) is 1.67. The molecule has 0 bridgehead atoms. The zero-order valence-corrected chi connectivity index (χ0v) is 22.4. The molecule has 2 heterocycles. The van der Waals surface area contributed by atoms with Gasteiger partial charge in [-0.1, -0.05) is 60.7 Å². The first kappa shape index (κ1) is 26.3. The number of ether oxygens (including phenoxy) is 1. The number of hydrazone groups is 1. The second-order valence-electron chi connectivity index (χ2n) is 10.0. The number of methoxy groups -OCH3 is 1. The summed E-state index contributed by atoms with van der Waals surface area (Å²) in [5, 5.41) is 9.13. The summed E-state index contributed by atoms with van der Waals surface area (Å²) in [4.78, 5) is 18.5. The second-order valence-corrected chi connectivity index (χ2v) is 10.0. The predicted octanol–water partition coefficient (Wildman–Crippen LogP) is 3.93. The largest absolute Gasteiger partial charge is 0.497 e. The highest BCUT2D eigenvalue weighted by Crippen LogP contribution is 2.24. The Morgan fingerprint density at radius 3 is 2.54 bits per heavy atom. The second kappa shape index (κ2) is 12.0. The van der Waals surface area contributed by atoms with E-state index in [1.807, 2.05) is 36.5 Å². The number of H-pyrrole nitrogens is 1. The number of fused-ring (bicyclic) bond motifs is 1. The van der Waals surface area contributed by atoms with Crippen LogP contribution >= 0.6 is 0 Å². The van der Waals surface area contributed by atoms with Gasteiger partial charge in [-0.2, -0.15) is 5.10 Å². The van der Waals surface area contributed by atoms with E-state index in [1.54, 1.807) is 14.0 Å². The minimum atomic E-state index is -0.630. The zero-order chi connectivity index (χ0) is 27.2. The third kappa shape index (κ3) is 6.23. The molecule has 0 spiro atoms. The molecule has 1 aliphatic rings. The van der Waals surface area contributed by atoms with E-state index >= 15 is 0 Å². The van der Waals surface area contributed by atoms with Crippen molar-refractivity contribution in [1.29, 1.82) is 0 Å². The highest BCUT2D eigenvalue weighted by molar-refractivity contribution is 5.94. The summed E-state index contributed by atoms with van der Waals surface area (Å²) in [5.74, 6) is 1.40. The lowest BCUT2D eigenvalue weighted by molar-refractivity contribution is -0.122.